The largest absolute Gasteiger partial charge is 0.450 e. The Bertz CT molecular complexity index is 1140. The van der Waals surface area contributed by atoms with Gasteiger partial charge in [0.05, 0.1) is 23.4 Å². The van der Waals surface area contributed by atoms with Crippen LogP contribution >= 0.6 is 0 Å². The summed E-state index contributed by atoms with van der Waals surface area (Å²) in [6, 6.07) is 15.5. The zero-order chi connectivity index (χ0) is 23.9. The molecule has 1 heterocycles. The minimum Gasteiger partial charge on any atom is -0.450 e. The van der Waals surface area contributed by atoms with Gasteiger partial charge in [-0.3, -0.25) is 4.79 Å². The van der Waals surface area contributed by atoms with Crippen molar-refractivity contribution in [1.29, 1.82) is 0 Å². The molecule has 2 amide bonds. The third kappa shape index (κ3) is 5.90. The summed E-state index contributed by atoms with van der Waals surface area (Å²) in [5.74, 6) is 0.410. The average molecular weight is 464 g/mol. The third-order valence-corrected chi connectivity index (χ3v) is 6.43. The van der Waals surface area contributed by atoms with Crippen LogP contribution in [-0.4, -0.2) is 36.7 Å². The Morgan fingerprint density at radius 3 is 2.29 bits per heavy atom. The molecule has 1 aliphatic carbocycles. The van der Waals surface area contributed by atoms with Crippen molar-refractivity contribution < 1.29 is 18.7 Å². The van der Waals surface area contributed by atoms with E-state index in [1.165, 1.54) is 12.1 Å². The van der Waals surface area contributed by atoms with Gasteiger partial charge >= 0.3 is 6.09 Å². The zero-order valence-corrected chi connectivity index (χ0v) is 19.4. The molecule has 1 saturated carbocycles. The molecule has 4 rings (SSSR count). The standard InChI is InChI=1S/C27H30FN3O3/c1-2-34-27(33)30-17-19-9-7-18(8-10-19)16-29-26(32)23-15-25(20-11-13-21(28)14-12-20)31-24-6-4-3-5-22(23)24/h3-6,11-15,18-19H,2,7-10,16-17H2,1H3,(H,29,32)(H,30,33)/t18-,19-. The summed E-state index contributed by atoms with van der Waals surface area (Å²) < 4.78 is 18.3. The Hall–Kier alpha value is -3.48. The first kappa shape index (κ1) is 23.7. The van der Waals surface area contributed by atoms with E-state index in [4.69, 9.17) is 4.74 Å². The van der Waals surface area contributed by atoms with Crippen LogP contribution in [0.2, 0.25) is 0 Å². The van der Waals surface area contributed by atoms with E-state index in [2.05, 4.69) is 15.6 Å². The predicted octanol–water partition coefficient (Wildman–Crippen LogP) is 5.32. The fraction of sp³-hybridized carbons (Fsp3) is 0.370. The second-order valence-electron chi connectivity index (χ2n) is 8.78. The van der Waals surface area contributed by atoms with E-state index < -0.39 is 0 Å². The molecule has 2 N–H and O–H groups in total. The van der Waals surface area contributed by atoms with Gasteiger partial charge in [0.1, 0.15) is 5.82 Å². The van der Waals surface area contributed by atoms with Gasteiger partial charge in [0, 0.05) is 24.0 Å². The second kappa shape index (κ2) is 11.1. The number of halogens is 1. The molecule has 1 aromatic heterocycles. The van der Waals surface area contributed by atoms with Crippen molar-refractivity contribution in [3.63, 3.8) is 0 Å². The highest BCUT2D eigenvalue weighted by Crippen LogP contribution is 2.29. The van der Waals surface area contributed by atoms with Crippen LogP contribution in [-0.2, 0) is 4.74 Å². The Kier molecular flexibility index (Phi) is 7.72. The summed E-state index contributed by atoms with van der Waals surface area (Å²) in [7, 11) is 0. The Balaban J connectivity index is 1.39. The maximum absolute atomic E-state index is 13.4. The summed E-state index contributed by atoms with van der Waals surface area (Å²) in [6.07, 6.45) is 3.68. The molecule has 2 aromatic carbocycles. The molecule has 0 aliphatic heterocycles. The molecule has 3 aromatic rings. The molecule has 0 saturated heterocycles. The minimum atomic E-state index is -0.360. The number of hydrogen-bond donors (Lipinski definition) is 2. The maximum atomic E-state index is 13.4. The number of nitrogens with one attached hydrogen (secondary N) is 2. The van der Waals surface area contributed by atoms with Crippen molar-refractivity contribution in [3.8, 4) is 11.3 Å². The molecule has 0 radical (unpaired) electrons. The molecule has 6 nitrogen and oxygen atoms in total. The first-order valence-corrected chi connectivity index (χ1v) is 11.9. The average Bonchev–Trinajstić information content (AvgIpc) is 2.86. The number of amides is 2. The topological polar surface area (TPSA) is 80.3 Å². The Labute approximate surface area is 198 Å². The summed E-state index contributed by atoms with van der Waals surface area (Å²) in [5.41, 5.74) is 2.69. The Morgan fingerprint density at radius 2 is 1.62 bits per heavy atom. The van der Waals surface area contributed by atoms with Crippen LogP contribution in [0.1, 0.15) is 43.0 Å². The highest BCUT2D eigenvalue weighted by atomic mass is 19.1. The highest BCUT2D eigenvalue weighted by molar-refractivity contribution is 6.07. The van der Waals surface area contributed by atoms with E-state index in [9.17, 15) is 14.0 Å². The maximum Gasteiger partial charge on any atom is 0.407 e. The van der Waals surface area contributed by atoms with E-state index >= 15 is 0 Å². The van der Waals surface area contributed by atoms with Crippen LogP contribution in [0.15, 0.2) is 54.6 Å². The van der Waals surface area contributed by atoms with E-state index in [0.717, 1.165) is 42.1 Å². The van der Waals surface area contributed by atoms with Gasteiger partial charge < -0.3 is 15.4 Å². The number of para-hydroxylation sites is 1. The van der Waals surface area contributed by atoms with Crippen molar-refractivity contribution in [1.82, 2.24) is 15.6 Å². The SMILES string of the molecule is CCOC(=O)NC[C@H]1CC[C@H](CNC(=O)c2cc(-c3ccc(F)cc3)nc3ccccc23)CC1. The summed E-state index contributed by atoms with van der Waals surface area (Å²) in [5, 5.41) is 6.73. The zero-order valence-electron chi connectivity index (χ0n) is 19.4. The quantitative estimate of drug-likeness (QED) is 0.497. The number of carbonyl (C=O) groups is 2. The monoisotopic (exact) mass is 463 g/mol. The normalized spacial score (nSPS) is 17.8. The molecule has 0 bridgehead atoms. The van der Waals surface area contributed by atoms with Crippen molar-refractivity contribution in [3.05, 3.63) is 66.0 Å². The van der Waals surface area contributed by atoms with Crippen molar-refractivity contribution >= 4 is 22.9 Å². The molecule has 0 spiro atoms. The van der Waals surface area contributed by atoms with Crippen LogP contribution in [0.5, 0.6) is 0 Å². The van der Waals surface area contributed by atoms with Gasteiger partial charge in [-0.05, 0) is 80.8 Å². The number of nitrogens with zero attached hydrogens (tertiary/aromatic N) is 1. The molecule has 1 aliphatic rings. The fourth-order valence-electron chi connectivity index (χ4n) is 4.51. The smallest absolute Gasteiger partial charge is 0.407 e. The van der Waals surface area contributed by atoms with Crippen molar-refractivity contribution in [2.24, 2.45) is 11.8 Å². The lowest BCUT2D eigenvalue weighted by Gasteiger charge is -2.28. The number of rotatable bonds is 7. The molecule has 1 fully saturated rings. The number of aromatic nitrogens is 1. The van der Waals surface area contributed by atoms with Gasteiger partial charge in [-0.25, -0.2) is 14.2 Å². The van der Waals surface area contributed by atoms with Gasteiger partial charge in [-0.1, -0.05) is 18.2 Å². The Morgan fingerprint density at radius 1 is 0.971 bits per heavy atom. The molecule has 0 unspecified atom stereocenters. The molecule has 0 atom stereocenters. The summed E-state index contributed by atoms with van der Waals surface area (Å²) in [6.45, 7) is 3.40. The van der Waals surface area contributed by atoms with Gasteiger partial charge in [-0.15, -0.1) is 0 Å². The van der Waals surface area contributed by atoms with E-state index in [1.54, 1.807) is 25.1 Å². The summed E-state index contributed by atoms with van der Waals surface area (Å²) >= 11 is 0. The van der Waals surface area contributed by atoms with E-state index in [1.807, 2.05) is 24.3 Å². The molecule has 34 heavy (non-hydrogen) atoms. The number of alkyl carbamates (subject to hydrolysis) is 1. The lowest BCUT2D eigenvalue weighted by Crippen LogP contribution is -2.34. The van der Waals surface area contributed by atoms with Crippen LogP contribution in [0.4, 0.5) is 9.18 Å². The summed E-state index contributed by atoms with van der Waals surface area (Å²) in [4.78, 5) is 29.3. The minimum absolute atomic E-state index is 0.131. The van der Waals surface area contributed by atoms with Gasteiger partial charge in [-0.2, -0.15) is 0 Å². The molecular weight excluding hydrogens is 433 g/mol. The number of fused-ring (bicyclic) bond motifs is 1. The van der Waals surface area contributed by atoms with Crippen LogP contribution < -0.4 is 10.6 Å². The predicted molar refractivity (Wildman–Crippen MR) is 130 cm³/mol. The number of benzene rings is 2. The third-order valence-electron chi connectivity index (χ3n) is 6.43. The molecular formula is C27H30FN3O3. The highest BCUT2D eigenvalue weighted by Gasteiger charge is 2.23. The number of carbonyl (C=O) groups excluding carboxylic acids is 2. The molecule has 7 heteroatoms. The van der Waals surface area contributed by atoms with Gasteiger partial charge in [0.25, 0.3) is 5.91 Å². The van der Waals surface area contributed by atoms with E-state index in [-0.39, 0.29) is 17.8 Å². The van der Waals surface area contributed by atoms with Gasteiger partial charge in [0.2, 0.25) is 0 Å². The van der Waals surface area contributed by atoms with Crippen LogP contribution in [0.3, 0.4) is 0 Å². The number of ether oxygens (including phenoxy) is 1. The van der Waals surface area contributed by atoms with Crippen LogP contribution in [0.25, 0.3) is 22.2 Å². The first-order chi connectivity index (χ1) is 16.5. The second-order valence-corrected chi connectivity index (χ2v) is 8.78. The fourth-order valence-corrected chi connectivity index (χ4v) is 4.51. The molecule has 178 valence electrons. The van der Waals surface area contributed by atoms with Crippen molar-refractivity contribution in [2.45, 2.75) is 32.6 Å². The first-order valence-electron chi connectivity index (χ1n) is 11.9. The lowest BCUT2D eigenvalue weighted by molar-refractivity contribution is 0.0942. The van der Waals surface area contributed by atoms with Crippen LogP contribution in [0, 0.1) is 17.7 Å². The van der Waals surface area contributed by atoms with Crippen molar-refractivity contribution in [2.75, 3.05) is 19.7 Å². The number of pyridine rings is 1. The van der Waals surface area contributed by atoms with Gasteiger partial charge in [0.15, 0.2) is 0 Å². The van der Waals surface area contributed by atoms with E-state index in [0.29, 0.717) is 42.8 Å². The lowest BCUT2D eigenvalue weighted by atomic mass is 9.82. The number of hydrogen-bond acceptors (Lipinski definition) is 4.